The molecule has 0 spiro atoms. The van der Waals surface area contributed by atoms with E-state index in [4.69, 9.17) is 15.6 Å². The highest BCUT2D eigenvalue weighted by atomic mass is 19.1. The number of fused-ring (bicyclic) bond motifs is 1. The quantitative estimate of drug-likeness (QED) is 0.587. The van der Waals surface area contributed by atoms with Gasteiger partial charge in [-0.1, -0.05) is 6.08 Å². The number of benzene rings is 1. The molecular weight excluding hydrogens is 413 g/mol. The average Bonchev–Trinajstić information content (AvgIpc) is 3.39. The number of halogens is 1. The summed E-state index contributed by atoms with van der Waals surface area (Å²) < 4.78 is 20.9. The zero-order valence-corrected chi connectivity index (χ0v) is 18.3. The number of likely N-dealkylation sites (tertiary alicyclic amines) is 1. The van der Waals surface area contributed by atoms with E-state index in [1.807, 2.05) is 25.1 Å². The summed E-state index contributed by atoms with van der Waals surface area (Å²) in [6, 6.07) is 4.47. The van der Waals surface area contributed by atoms with Crippen LogP contribution in [0.25, 0.3) is 22.3 Å². The van der Waals surface area contributed by atoms with Crippen molar-refractivity contribution in [3.63, 3.8) is 0 Å². The van der Waals surface area contributed by atoms with E-state index in [1.54, 1.807) is 27.8 Å². The number of carbonyl (C=O) groups is 1. The Kier molecular flexibility index (Phi) is 6.04. The van der Waals surface area contributed by atoms with Gasteiger partial charge in [0.1, 0.15) is 17.8 Å². The van der Waals surface area contributed by atoms with E-state index in [1.165, 1.54) is 19.5 Å². The minimum absolute atomic E-state index is 0.0246. The predicted octanol–water partition coefficient (Wildman–Crippen LogP) is 2.11. The number of hydrogen-bond donors (Lipinski definition) is 1. The van der Waals surface area contributed by atoms with Crippen LogP contribution in [0.15, 0.2) is 36.7 Å². The molecule has 3 aromatic rings. The molecule has 0 bridgehead atoms. The van der Waals surface area contributed by atoms with Gasteiger partial charge in [-0.15, -0.1) is 0 Å². The molecule has 1 aliphatic rings. The number of amides is 1. The number of carbonyl (C=O) groups excluding carboxylic acids is 1. The summed E-state index contributed by atoms with van der Waals surface area (Å²) in [6.45, 7) is 1.84. The van der Waals surface area contributed by atoms with Crippen molar-refractivity contribution in [2.75, 3.05) is 46.6 Å². The van der Waals surface area contributed by atoms with Gasteiger partial charge in [0.05, 0.1) is 18.5 Å². The molecule has 1 aromatic carbocycles. The Morgan fingerprint density at radius 2 is 2.19 bits per heavy atom. The van der Waals surface area contributed by atoms with Crippen LogP contribution in [0.1, 0.15) is 12.5 Å². The smallest absolute Gasteiger partial charge is 0.246 e. The number of nitrogens with two attached hydrogens (primary N) is 1. The molecule has 0 unspecified atom stereocenters. The molecule has 3 heterocycles. The van der Waals surface area contributed by atoms with Gasteiger partial charge < -0.3 is 20.3 Å². The summed E-state index contributed by atoms with van der Waals surface area (Å²) >= 11 is 0. The van der Waals surface area contributed by atoms with Crippen LogP contribution >= 0.6 is 0 Å². The van der Waals surface area contributed by atoms with Gasteiger partial charge in [-0.25, -0.2) is 19.0 Å². The van der Waals surface area contributed by atoms with E-state index in [2.05, 4.69) is 9.97 Å². The van der Waals surface area contributed by atoms with Crippen LogP contribution in [-0.4, -0.2) is 76.3 Å². The molecule has 1 saturated heterocycles. The summed E-state index contributed by atoms with van der Waals surface area (Å²) in [4.78, 5) is 24.9. The minimum atomic E-state index is -0.462. The molecule has 10 heteroatoms. The standard InChI is InChI=1S/C22H26FN7O2/c1-28(2)9-4-5-18(31)29-10-8-15(12-29)30-22-19(21(24)25-13-26-22)20(27-30)14-6-7-16(23)17(11-14)32-3/h4-7,11,13,15H,8-10,12H2,1-3H3,(H2,24,25,26)/b5-4+/t15-/m1/s1. The van der Waals surface area contributed by atoms with Crippen LogP contribution in [0.4, 0.5) is 10.2 Å². The average molecular weight is 439 g/mol. The van der Waals surface area contributed by atoms with E-state index in [0.29, 0.717) is 41.9 Å². The van der Waals surface area contributed by atoms with Crippen LogP contribution < -0.4 is 10.5 Å². The molecule has 2 aromatic heterocycles. The first-order valence-corrected chi connectivity index (χ1v) is 10.3. The number of ether oxygens (including phenoxy) is 1. The molecule has 32 heavy (non-hydrogen) atoms. The molecule has 0 saturated carbocycles. The van der Waals surface area contributed by atoms with Gasteiger partial charge in [-0.05, 0) is 38.7 Å². The molecule has 9 nitrogen and oxygen atoms in total. The first-order chi connectivity index (χ1) is 15.4. The topological polar surface area (TPSA) is 102 Å². The van der Waals surface area contributed by atoms with E-state index in [9.17, 15) is 9.18 Å². The van der Waals surface area contributed by atoms with Gasteiger partial charge in [0, 0.05) is 31.3 Å². The lowest BCUT2D eigenvalue weighted by Crippen LogP contribution is -2.28. The highest BCUT2D eigenvalue weighted by Crippen LogP contribution is 2.35. The van der Waals surface area contributed by atoms with Gasteiger partial charge in [-0.3, -0.25) is 4.79 Å². The van der Waals surface area contributed by atoms with Crippen molar-refractivity contribution in [3.8, 4) is 17.0 Å². The van der Waals surface area contributed by atoms with Crippen molar-refractivity contribution in [1.82, 2.24) is 29.5 Å². The zero-order valence-electron chi connectivity index (χ0n) is 18.3. The zero-order chi connectivity index (χ0) is 22.8. The van der Waals surface area contributed by atoms with Crippen LogP contribution in [0.3, 0.4) is 0 Å². The SMILES string of the molecule is COc1cc(-c2nn([C@@H]3CCN(C(=O)/C=C/CN(C)C)C3)c3ncnc(N)c23)ccc1F. The Labute approximate surface area is 185 Å². The molecule has 1 fully saturated rings. The molecule has 0 radical (unpaired) electrons. The minimum Gasteiger partial charge on any atom is -0.494 e. The third-order valence-electron chi connectivity index (χ3n) is 5.49. The van der Waals surface area contributed by atoms with E-state index >= 15 is 0 Å². The number of anilines is 1. The predicted molar refractivity (Wildman–Crippen MR) is 120 cm³/mol. The van der Waals surface area contributed by atoms with Crippen LogP contribution in [-0.2, 0) is 4.79 Å². The maximum Gasteiger partial charge on any atom is 0.246 e. The number of methoxy groups -OCH3 is 1. The normalized spacial score (nSPS) is 16.5. The monoisotopic (exact) mass is 439 g/mol. The Morgan fingerprint density at radius 3 is 2.94 bits per heavy atom. The maximum atomic E-state index is 13.9. The fourth-order valence-electron chi connectivity index (χ4n) is 3.87. The highest BCUT2D eigenvalue weighted by molar-refractivity contribution is 5.98. The van der Waals surface area contributed by atoms with Crippen molar-refractivity contribution in [2.45, 2.75) is 12.5 Å². The number of likely N-dealkylation sites (N-methyl/N-ethyl adjacent to an activating group) is 1. The van der Waals surface area contributed by atoms with Gasteiger partial charge >= 0.3 is 0 Å². The maximum absolute atomic E-state index is 13.9. The summed E-state index contributed by atoms with van der Waals surface area (Å²) in [6.07, 6.45) is 5.60. The van der Waals surface area contributed by atoms with Crippen molar-refractivity contribution in [3.05, 3.63) is 42.5 Å². The summed E-state index contributed by atoms with van der Waals surface area (Å²) in [7, 11) is 5.31. The second-order valence-electron chi connectivity index (χ2n) is 7.99. The largest absolute Gasteiger partial charge is 0.494 e. The first-order valence-electron chi connectivity index (χ1n) is 10.3. The second kappa shape index (κ2) is 8.91. The van der Waals surface area contributed by atoms with Crippen LogP contribution in [0.2, 0.25) is 0 Å². The molecule has 4 rings (SSSR count). The van der Waals surface area contributed by atoms with Crippen LogP contribution in [0.5, 0.6) is 5.75 Å². The molecule has 0 aliphatic carbocycles. The molecular formula is C22H26FN7O2. The summed E-state index contributed by atoms with van der Waals surface area (Å²) in [5, 5.41) is 5.37. The number of rotatable bonds is 6. The van der Waals surface area contributed by atoms with Gasteiger partial charge in [0.25, 0.3) is 0 Å². The Morgan fingerprint density at radius 1 is 1.38 bits per heavy atom. The lowest BCUT2D eigenvalue weighted by molar-refractivity contribution is -0.125. The number of nitrogens with zero attached hydrogens (tertiary/aromatic N) is 6. The fraction of sp³-hybridized carbons (Fsp3) is 0.364. The number of nitrogen functional groups attached to an aromatic ring is 1. The Bertz CT molecular complexity index is 1170. The molecule has 1 aliphatic heterocycles. The van der Waals surface area contributed by atoms with Crippen molar-refractivity contribution < 1.29 is 13.9 Å². The molecule has 2 N–H and O–H groups in total. The first kappa shape index (κ1) is 21.7. The molecule has 1 atom stereocenters. The molecule has 168 valence electrons. The Hall–Kier alpha value is -3.53. The van der Waals surface area contributed by atoms with Gasteiger partial charge in [0.15, 0.2) is 17.2 Å². The lowest BCUT2D eigenvalue weighted by Gasteiger charge is -2.15. The van der Waals surface area contributed by atoms with Crippen molar-refractivity contribution in [1.29, 1.82) is 0 Å². The fourth-order valence-corrected chi connectivity index (χ4v) is 3.87. The Balaban J connectivity index is 1.67. The second-order valence-corrected chi connectivity index (χ2v) is 7.99. The third kappa shape index (κ3) is 4.13. The van der Waals surface area contributed by atoms with Gasteiger partial charge in [-0.2, -0.15) is 5.10 Å². The summed E-state index contributed by atoms with van der Waals surface area (Å²) in [5.41, 5.74) is 7.95. The van der Waals surface area contributed by atoms with E-state index in [0.717, 1.165) is 6.42 Å². The van der Waals surface area contributed by atoms with Crippen LogP contribution in [0, 0.1) is 5.82 Å². The van der Waals surface area contributed by atoms with Crippen molar-refractivity contribution >= 4 is 22.8 Å². The van der Waals surface area contributed by atoms with E-state index in [-0.39, 0.29) is 23.5 Å². The third-order valence-corrected chi connectivity index (χ3v) is 5.49. The lowest BCUT2D eigenvalue weighted by atomic mass is 10.1. The number of aromatic nitrogens is 4. The molecule has 1 amide bonds. The summed E-state index contributed by atoms with van der Waals surface area (Å²) in [5.74, 6) is -0.0835. The highest BCUT2D eigenvalue weighted by Gasteiger charge is 2.30. The van der Waals surface area contributed by atoms with E-state index < -0.39 is 5.82 Å². The van der Waals surface area contributed by atoms with Crippen molar-refractivity contribution in [2.24, 2.45) is 0 Å². The number of hydrogen-bond acceptors (Lipinski definition) is 7. The van der Waals surface area contributed by atoms with Gasteiger partial charge in [0.2, 0.25) is 5.91 Å².